The van der Waals surface area contributed by atoms with Crippen molar-refractivity contribution in [2.45, 2.75) is 65.2 Å². The first kappa shape index (κ1) is 20.6. The first-order valence-corrected chi connectivity index (χ1v) is 11.2. The lowest BCUT2D eigenvalue weighted by atomic mass is 9.51. The summed E-state index contributed by atoms with van der Waals surface area (Å²) in [6.07, 6.45) is 14.8. The first-order chi connectivity index (χ1) is 13.8. The Morgan fingerprint density at radius 3 is 2.72 bits per heavy atom. The van der Waals surface area contributed by atoms with Gasteiger partial charge in [-0.1, -0.05) is 55.4 Å². The molecule has 158 valence electrons. The number of fused-ring (bicyclic) bond motifs is 3. The van der Waals surface area contributed by atoms with Gasteiger partial charge in [-0.25, -0.2) is 0 Å². The van der Waals surface area contributed by atoms with Gasteiger partial charge in [0.15, 0.2) is 5.78 Å². The maximum Gasteiger partial charge on any atom is 0.169 e. The fraction of sp³-hybridized carbons (Fsp3) is 0.640. The zero-order valence-corrected chi connectivity index (χ0v) is 18.0. The molecular weight excluding hydrogens is 362 g/mol. The third-order valence-electron chi connectivity index (χ3n) is 7.90. The lowest BCUT2D eigenvalue weighted by Gasteiger charge is -2.53. The van der Waals surface area contributed by atoms with Crippen molar-refractivity contribution in [3.63, 3.8) is 0 Å². The van der Waals surface area contributed by atoms with Gasteiger partial charge in [0.1, 0.15) is 6.04 Å². The van der Waals surface area contributed by atoms with Crippen molar-refractivity contribution in [1.82, 2.24) is 5.32 Å². The second-order valence-corrected chi connectivity index (χ2v) is 9.77. The topological polar surface area (TPSA) is 69.6 Å². The Hall–Kier alpha value is -1.65. The van der Waals surface area contributed by atoms with Gasteiger partial charge in [0.05, 0.1) is 18.1 Å². The average Bonchev–Trinajstić information content (AvgIpc) is 3.13. The Kier molecular flexibility index (Phi) is 5.37. The van der Waals surface area contributed by atoms with Gasteiger partial charge < -0.3 is 15.5 Å². The highest BCUT2D eigenvalue weighted by atomic mass is 16.3. The molecule has 29 heavy (non-hydrogen) atoms. The van der Waals surface area contributed by atoms with Crippen LogP contribution >= 0.6 is 0 Å². The number of carbonyl (C=O) groups excluding carboxylic acids is 1. The molecule has 9 atom stereocenters. The largest absolute Gasteiger partial charge is 0.391 e. The van der Waals surface area contributed by atoms with Gasteiger partial charge in [0.2, 0.25) is 0 Å². The first-order valence-electron chi connectivity index (χ1n) is 11.2. The number of aliphatic hydroxyl groups excluding tert-OH is 2. The third kappa shape index (κ3) is 3.07. The fourth-order valence-electron chi connectivity index (χ4n) is 6.65. The SMILES string of the molecule is C/C=C/C=C/C1C(C)=CC2CC(C)CCC2C12C=C1NC(C(C)O)C(=O)C1C2O. The van der Waals surface area contributed by atoms with Gasteiger partial charge in [-0.2, -0.15) is 0 Å². The molecule has 1 spiro atoms. The maximum absolute atomic E-state index is 13.1. The molecule has 4 heteroatoms. The van der Waals surface area contributed by atoms with E-state index in [1.54, 1.807) is 6.92 Å². The van der Waals surface area contributed by atoms with Crippen molar-refractivity contribution < 1.29 is 15.0 Å². The van der Waals surface area contributed by atoms with E-state index in [1.807, 2.05) is 19.1 Å². The summed E-state index contributed by atoms with van der Waals surface area (Å²) >= 11 is 0. The number of hydrogen-bond acceptors (Lipinski definition) is 4. The third-order valence-corrected chi connectivity index (χ3v) is 7.90. The maximum atomic E-state index is 13.1. The Labute approximate surface area is 174 Å². The molecule has 1 aliphatic heterocycles. The highest BCUT2D eigenvalue weighted by Gasteiger charge is 2.63. The number of aliphatic hydroxyl groups is 2. The van der Waals surface area contributed by atoms with Crippen molar-refractivity contribution in [3.8, 4) is 0 Å². The smallest absolute Gasteiger partial charge is 0.169 e. The highest BCUT2D eigenvalue weighted by molar-refractivity contribution is 5.94. The van der Waals surface area contributed by atoms with Crippen LogP contribution in [0.15, 0.2) is 47.7 Å². The van der Waals surface area contributed by atoms with E-state index in [-0.39, 0.29) is 11.7 Å². The quantitative estimate of drug-likeness (QED) is 0.503. The summed E-state index contributed by atoms with van der Waals surface area (Å²) in [4.78, 5) is 13.1. The highest BCUT2D eigenvalue weighted by Crippen LogP contribution is 2.62. The minimum absolute atomic E-state index is 0.0697. The van der Waals surface area contributed by atoms with E-state index >= 15 is 0 Å². The molecule has 4 nitrogen and oxygen atoms in total. The van der Waals surface area contributed by atoms with Gasteiger partial charge in [0, 0.05) is 17.0 Å². The van der Waals surface area contributed by atoms with Gasteiger partial charge in [-0.05, 0) is 51.4 Å². The summed E-state index contributed by atoms with van der Waals surface area (Å²) in [6.45, 7) is 8.13. The summed E-state index contributed by atoms with van der Waals surface area (Å²) in [7, 11) is 0. The van der Waals surface area contributed by atoms with Gasteiger partial charge in [0.25, 0.3) is 0 Å². The molecule has 3 N–H and O–H groups in total. The Morgan fingerprint density at radius 2 is 2.07 bits per heavy atom. The van der Waals surface area contributed by atoms with Gasteiger partial charge in [-0.3, -0.25) is 4.79 Å². The number of rotatable bonds is 3. The Balaban J connectivity index is 1.81. The van der Waals surface area contributed by atoms with E-state index in [1.165, 1.54) is 12.0 Å². The number of ketones is 1. The molecule has 1 saturated carbocycles. The van der Waals surface area contributed by atoms with E-state index in [4.69, 9.17) is 0 Å². The van der Waals surface area contributed by atoms with Gasteiger partial charge in [-0.15, -0.1) is 0 Å². The van der Waals surface area contributed by atoms with Crippen LogP contribution < -0.4 is 5.32 Å². The molecule has 2 fully saturated rings. The molecule has 0 aromatic heterocycles. The second kappa shape index (κ2) is 7.55. The van der Waals surface area contributed by atoms with E-state index in [0.717, 1.165) is 18.5 Å². The minimum atomic E-state index is -0.765. The van der Waals surface area contributed by atoms with E-state index in [0.29, 0.717) is 17.8 Å². The van der Waals surface area contributed by atoms with Crippen LogP contribution in [0.1, 0.15) is 47.0 Å². The predicted octanol–water partition coefficient (Wildman–Crippen LogP) is 3.53. The van der Waals surface area contributed by atoms with Crippen LogP contribution in [0.25, 0.3) is 0 Å². The Morgan fingerprint density at radius 1 is 1.31 bits per heavy atom. The molecule has 0 radical (unpaired) electrons. The number of hydrogen-bond donors (Lipinski definition) is 3. The number of nitrogens with one attached hydrogen (secondary N) is 1. The molecule has 0 amide bonds. The molecule has 9 unspecified atom stereocenters. The number of carbonyl (C=O) groups is 1. The van der Waals surface area contributed by atoms with Crippen LogP contribution in [0.3, 0.4) is 0 Å². The van der Waals surface area contributed by atoms with Crippen LogP contribution in [0.5, 0.6) is 0 Å². The fourth-order valence-corrected chi connectivity index (χ4v) is 6.65. The zero-order valence-electron chi connectivity index (χ0n) is 18.0. The Bertz CT molecular complexity index is 792. The lowest BCUT2D eigenvalue weighted by Crippen LogP contribution is -2.53. The van der Waals surface area contributed by atoms with Crippen LogP contribution in [0.2, 0.25) is 0 Å². The summed E-state index contributed by atoms with van der Waals surface area (Å²) in [5, 5.41) is 25.0. The van der Waals surface area contributed by atoms with Crippen molar-refractivity contribution in [2.24, 2.45) is 35.0 Å². The predicted molar refractivity (Wildman–Crippen MR) is 115 cm³/mol. The summed E-state index contributed by atoms with van der Waals surface area (Å²) < 4.78 is 0. The average molecular weight is 398 g/mol. The van der Waals surface area contributed by atoms with Crippen LogP contribution in [-0.2, 0) is 4.79 Å². The van der Waals surface area contributed by atoms with Crippen molar-refractivity contribution in [2.75, 3.05) is 0 Å². The summed E-state index contributed by atoms with van der Waals surface area (Å²) in [6, 6.07) is -0.613. The van der Waals surface area contributed by atoms with Crippen LogP contribution in [0, 0.1) is 35.0 Å². The van der Waals surface area contributed by atoms with Crippen LogP contribution in [-0.4, -0.2) is 34.2 Å². The van der Waals surface area contributed by atoms with E-state index < -0.39 is 29.6 Å². The molecule has 0 bridgehead atoms. The minimum Gasteiger partial charge on any atom is -0.391 e. The summed E-state index contributed by atoms with van der Waals surface area (Å²) in [5.74, 6) is 0.921. The number of Topliss-reactive ketones (excluding diaryl/α,β-unsaturated/α-hetero) is 1. The standard InChI is InChI=1S/C25H35NO3/c1-5-6-7-8-18-15(3)12-17-11-14(2)9-10-19(17)25(18)13-20-21(24(25)29)23(28)22(26-20)16(4)27/h5-8,12-14,16-19,21-22,24,26-27,29H,9-11H2,1-4H3/b6-5+,8-7+. The van der Waals surface area contributed by atoms with Crippen LogP contribution in [0.4, 0.5) is 0 Å². The molecule has 1 saturated heterocycles. The molecule has 4 rings (SSSR count). The normalized spacial score (nSPS) is 45.3. The zero-order chi connectivity index (χ0) is 20.9. The second-order valence-electron chi connectivity index (χ2n) is 9.77. The molecule has 3 aliphatic carbocycles. The summed E-state index contributed by atoms with van der Waals surface area (Å²) in [5.41, 5.74) is 1.65. The van der Waals surface area contributed by atoms with Crippen molar-refractivity contribution in [3.05, 3.63) is 47.7 Å². The van der Waals surface area contributed by atoms with E-state index in [9.17, 15) is 15.0 Å². The lowest BCUT2D eigenvalue weighted by molar-refractivity contribution is -0.130. The van der Waals surface area contributed by atoms with Crippen molar-refractivity contribution in [1.29, 1.82) is 0 Å². The molecule has 4 aliphatic rings. The molecule has 0 aromatic carbocycles. The monoisotopic (exact) mass is 397 g/mol. The van der Waals surface area contributed by atoms with Gasteiger partial charge >= 0.3 is 0 Å². The molecule has 1 heterocycles. The van der Waals surface area contributed by atoms with Crippen molar-refractivity contribution >= 4 is 5.78 Å². The molecule has 0 aromatic rings. The number of allylic oxidation sites excluding steroid dienone is 6. The molecular formula is C25H35NO3. The van der Waals surface area contributed by atoms with E-state index in [2.05, 4.69) is 43.5 Å².